The monoisotopic (exact) mass is 252 g/mol. The van der Waals surface area contributed by atoms with E-state index >= 15 is 0 Å². The molecule has 0 radical (unpaired) electrons. The summed E-state index contributed by atoms with van der Waals surface area (Å²) in [5, 5.41) is 0. The van der Waals surface area contributed by atoms with Crippen molar-refractivity contribution in [3.05, 3.63) is 0 Å². The Morgan fingerprint density at radius 3 is 2.56 bits per heavy atom. The highest BCUT2D eigenvalue weighted by Crippen LogP contribution is 2.22. The maximum Gasteiger partial charge on any atom is 0.191 e. The SMILES string of the molecule is CN(C)CC1CCCN1C(N)=NC1CCCCC1. The van der Waals surface area contributed by atoms with Crippen molar-refractivity contribution < 1.29 is 0 Å². The molecule has 1 saturated carbocycles. The topological polar surface area (TPSA) is 44.9 Å². The number of aliphatic imine (C=N–C) groups is 1. The summed E-state index contributed by atoms with van der Waals surface area (Å²) < 4.78 is 0. The van der Waals surface area contributed by atoms with Crippen LogP contribution in [-0.4, -0.2) is 55.0 Å². The zero-order chi connectivity index (χ0) is 13.0. The Labute approximate surface area is 111 Å². The maximum atomic E-state index is 6.23. The number of nitrogens with two attached hydrogens (primary N) is 1. The molecule has 4 nitrogen and oxygen atoms in total. The van der Waals surface area contributed by atoms with Gasteiger partial charge in [-0.25, -0.2) is 4.99 Å². The summed E-state index contributed by atoms with van der Waals surface area (Å²) in [5.74, 6) is 0.797. The average Bonchev–Trinajstić information content (AvgIpc) is 2.77. The molecule has 1 unspecified atom stereocenters. The van der Waals surface area contributed by atoms with Crippen LogP contribution in [0.1, 0.15) is 44.9 Å². The fourth-order valence-corrected chi connectivity index (χ4v) is 3.22. The molecule has 18 heavy (non-hydrogen) atoms. The van der Waals surface area contributed by atoms with Crippen molar-refractivity contribution in [1.82, 2.24) is 9.80 Å². The van der Waals surface area contributed by atoms with Gasteiger partial charge in [0, 0.05) is 19.1 Å². The third-order valence-electron chi connectivity index (χ3n) is 4.14. The highest BCUT2D eigenvalue weighted by Gasteiger charge is 2.27. The van der Waals surface area contributed by atoms with Crippen molar-refractivity contribution in [2.45, 2.75) is 57.0 Å². The van der Waals surface area contributed by atoms with Crippen LogP contribution in [0.25, 0.3) is 0 Å². The quantitative estimate of drug-likeness (QED) is 0.614. The first-order valence-corrected chi connectivity index (χ1v) is 7.41. The lowest BCUT2D eigenvalue weighted by Crippen LogP contribution is -2.45. The van der Waals surface area contributed by atoms with Gasteiger partial charge in [-0.1, -0.05) is 19.3 Å². The van der Waals surface area contributed by atoms with E-state index < -0.39 is 0 Å². The van der Waals surface area contributed by atoms with E-state index in [2.05, 4.69) is 23.9 Å². The van der Waals surface area contributed by atoms with Crippen LogP contribution in [0.15, 0.2) is 4.99 Å². The van der Waals surface area contributed by atoms with Crippen LogP contribution in [-0.2, 0) is 0 Å². The molecule has 1 aliphatic carbocycles. The standard InChI is InChI=1S/C14H28N4/c1-17(2)11-13-9-6-10-18(13)14(15)16-12-7-4-3-5-8-12/h12-13H,3-11H2,1-2H3,(H2,15,16). The van der Waals surface area contributed by atoms with Gasteiger partial charge in [0.25, 0.3) is 0 Å². The fraction of sp³-hybridized carbons (Fsp3) is 0.929. The van der Waals surface area contributed by atoms with Crippen molar-refractivity contribution in [1.29, 1.82) is 0 Å². The van der Waals surface area contributed by atoms with Crippen molar-refractivity contribution in [3.8, 4) is 0 Å². The van der Waals surface area contributed by atoms with Gasteiger partial charge >= 0.3 is 0 Å². The van der Waals surface area contributed by atoms with Gasteiger partial charge in [0.1, 0.15) is 0 Å². The predicted octanol–water partition coefficient (Wildman–Crippen LogP) is 1.66. The molecule has 2 rings (SSSR count). The summed E-state index contributed by atoms with van der Waals surface area (Å²) in [7, 11) is 4.26. The van der Waals surface area contributed by atoms with Crippen molar-refractivity contribution in [2.24, 2.45) is 10.7 Å². The minimum Gasteiger partial charge on any atom is -0.370 e. The summed E-state index contributed by atoms with van der Waals surface area (Å²) in [4.78, 5) is 9.35. The Hall–Kier alpha value is -0.770. The van der Waals surface area contributed by atoms with Gasteiger partial charge in [-0.3, -0.25) is 0 Å². The minimum absolute atomic E-state index is 0.486. The van der Waals surface area contributed by atoms with E-state index in [1.54, 1.807) is 0 Å². The summed E-state index contributed by atoms with van der Waals surface area (Å²) in [5.41, 5.74) is 6.23. The van der Waals surface area contributed by atoms with Crippen LogP contribution in [0.2, 0.25) is 0 Å². The smallest absolute Gasteiger partial charge is 0.191 e. The highest BCUT2D eigenvalue weighted by atomic mass is 15.3. The summed E-state index contributed by atoms with van der Waals surface area (Å²) in [6.07, 6.45) is 8.97. The number of likely N-dealkylation sites (tertiary alicyclic amines) is 1. The molecular weight excluding hydrogens is 224 g/mol. The Bertz CT molecular complexity index is 282. The molecule has 0 amide bonds. The zero-order valence-corrected chi connectivity index (χ0v) is 11.9. The van der Waals surface area contributed by atoms with Crippen molar-refractivity contribution in [3.63, 3.8) is 0 Å². The fourth-order valence-electron chi connectivity index (χ4n) is 3.22. The molecule has 4 heteroatoms. The van der Waals surface area contributed by atoms with E-state index in [4.69, 9.17) is 10.7 Å². The first-order chi connectivity index (χ1) is 8.66. The van der Waals surface area contributed by atoms with E-state index in [9.17, 15) is 0 Å². The molecule has 0 bridgehead atoms. The second-order valence-electron chi connectivity index (χ2n) is 6.03. The second-order valence-corrected chi connectivity index (χ2v) is 6.03. The third kappa shape index (κ3) is 3.61. The van der Waals surface area contributed by atoms with Gasteiger partial charge in [-0.05, 0) is 39.8 Å². The first kappa shape index (κ1) is 13.7. The van der Waals surface area contributed by atoms with E-state index in [1.165, 1.54) is 44.9 Å². The largest absolute Gasteiger partial charge is 0.370 e. The number of likely N-dealkylation sites (N-methyl/N-ethyl adjacent to an activating group) is 1. The Morgan fingerprint density at radius 1 is 1.17 bits per heavy atom. The summed E-state index contributed by atoms with van der Waals surface area (Å²) >= 11 is 0. The predicted molar refractivity (Wildman–Crippen MR) is 76.8 cm³/mol. The second kappa shape index (κ2) is 6.41. The molecule has 1 atom stereocenters. The lowest BCUT2D eigenvalue weighted by Gasteiger charge is -2.29. The lowest BCUT2D eigenvalue weighted by atomic mass is 9.96. The Morgan fingerprint density at radius 2 is 1.89 bits per heavy atom. The van der Waals surface area contributed by atoms with E-state index in [0.717, 1.165) is 19.0 Å². The van der Waals surface area contributed by atoms with Gasteiger partial charge in [-0.2, -0.15) is 0 Å². The van der Waals surface area contributed by atoms with Crippen LogP contribution < -0.4 is 5.73 Å². The molecule has 104 valence electrons. The Kier molecular flexibility index (Phi) is 4.87. The minimum atomic E-state index is 0.486. The van der Waals surface area contributed by atoms with Gasteiger partial charge < -0.3 is 15.5 Å². The lowest BCUT2D eigenvalue weighted by molar-refractivity contribution is 0.282. The summed E-state index contributed by atoms with van der Waals surface area (Å²) in [6, 6.07) is 1.05. The van der Waals surface area contributed by atoms with Gasteiger partial charge in [-0.15, -0.1) is 0 Å². The molecule has 2 aliphatic rings. The number of rotatable bonds is 3. The zero-order valence-electron chi connectivity index (χ0n) is 11.9. The highest BCUT2D eigenvalue weighted by molar-refractivity contribution is 5.79. The van der Waals surface area contributed by atoms with Crippen LogP contribution >= 0.6 is 0 Å². The number of nitrogens with zero attached hydrogens (tertiary/aromatic N) is 3. The molecule has 1 saturated heterocycles. The van der Waals surface area contributed by atoms with Gasteiger partial charge in [0.2, 0.25) is 0 Å². The van der Waals surface area contributed by atoms with Crippen LogP contribution in [0.4, 0.5) is 0 Å². The normalized spacial score (nSPS) is 27.2. The molecule has 0 aromatic heterocycles. The first-order valence-electron chi connectivity index (χ1n) is 7.41. The molecule has 2 N–H and O–H groups in total. The molecule has 1 heterocycles. The molecule has 1 aliphatic heterocycles. The molecule has 0 spiro atoms. The molecule has 2 fully saturated rings. The molecule has 0 aromatic rings. The van der Waals surface area contributed by atoms with Gasteiger partial charge in [0.15, 0.2) is 5.96 Å². The number of hydrogen-bond acceptors (Lipinski definition) is 2. The van der Waals surface area contributed by atoms with E-state index in [-0.39, 0.29) is 0 Å². The number of hydrogen-bond donors (Lipinski definition) is 1. The molecular formula is C14H28N4. The summed E-state index contributed by atoms with van der Waals surface area (Å²) in [6.45, 7) is 2.17. The Balaban J connectivity index is 1.93. The van der Waals surface area contributed by atoms with Crippen LogP contribution in [0.5, 0.6) is 0 Å². The number of guanidine groups is 1. The van der Waals surface area contributed by atoms with Crippen LogP contribution in [0, 0.1) is 0 Å². The van der Waals surface area contributed by atoms with Gasteiger partial charge in [0.05, 0.1) is 6.04 Å². The van der Waals surface area contributed by atoms with E-state index in [1.807, 2.05) is 0 Å². The van der Waals surface area contributed by atoms with Crippen LogP contribution in [0.3, 0.4) is 0 Å². The van der Waals surface area contributed by atoms with E-state index in [0.29, 0.717) is 12.1 Å². The average molecular weight is 252 g/mol. The molecule has 0 aromatic carbocycles. The third-order valence-corrected chi connectivity index (χ3v) is 4.14. The van der Waals surface area contributed by atoms with Crippen molar-refractivity contribution in [2.75, 3.05) is 27.2 Å². The van der Waals surface area contributed by atoms with Crippen molar-refractivity contribution >= 4 is 5.96 Å². The maximum absolute atomic E-state index is 6.23.